The van der Waals surface area contributed by atoms with Crippen LogP contribution >= 0.6 is 0 Å². The van der Waals surface area contributed by atoms with E-state index in [-0.39, 0.29) is 25.7 Å². The fraction of sp³-hybridized carbons (Fsp3) is 0.488. The van der Waals surface area contributed by atoms with E-state index in [0.29, 0.717) is 45.5 Å². The molecule has 14 heteroatoms. The lowest BCUT2D eigenvalue weighted by atomic mass is 9.84. The molecule has 2 amide bonds. The SMILES string of the molecule is CCn1c(-c2cccnc2[C@H](C)OC)c(CC(C)(C)CO)c2cc(N3CCOC(CC(NC(=O)OCc4ccccc4)C(=O)N4CCCC(C(=O)O)N4)C3)ccc21. The lowest BCUT2D eigenvalue weighted by Crippen LogP contribution is -2.60. The standard InChI is InChI=1S/C43H56N6O8/c1-6-48-37-17-16-30(22-33(37)34(24-43(3,4)27-50)39(48)32-14-10-18-44-38(32)28(2)55-5)47-20-21-56-31(25-47)23-36(40(51)49-19-11-15-35(46-49)41(52)53)45-42(54)57-26-29-12-8-7-9-13-29/h7-10,12-14,16-18,22,28,31,35-36,46,50H,6,11,15,19-21,23-27H2,1-5H3,(H,45,54)(H,52,53)/t28-,31?,35?,36?/m0/s1. The third-order valence-corrected chi connectivity index (χ3v) is 10.9. The molecule has 2 aromatic carbocycles. The molecule has 3 unspecified atom stereocenters. The number of morpholine rings is 1. The van der Waals surface area contributed by atoms with Gasteiger partial charge in [-0.25, -0.2) is 10.2 Å². The van der Waals surface area contributed by atoms with Crippen molar-refractivity contribution in [2.75, 3.05) is 44.9 Å². The van der Waals surface area contributed by atoms with Crippen LogP contribution in [0.1, 0.15) is 69.9 Å². The van der Waals surface area contributed by atoms with Crippen molar-refractivity contribution in [2.24, 2.45) is 5.41 Å². The number of hydrazine groups is 1. The predicted molar refractivity (Wildman–Crippen MR) is 216 cm³/mol. The number of benzene rings is 2. The zero-order chi connectivity index (χ0) is 40.7. The molecule has 0 radical (unpaired) electrons. The lowest BCUT2D eigenvalue weighted by molar-refractivity contribution is -0.148. The van der Waals surface area contributed by atoms with E-state index in [1.807, 2.05) is 43.3 Å². The maximum atomic E-state index is 14.0. The molecule has 0 spiro atoms. The van der Waals surface area contributed by atoms with Crippen molar-refractivity contribution in [1.82, 2.24) is 25.3 Å². The number of carboxylic acids is 1. The van der Waals surface area contributed by atoms with Crippen LogP contribution in [-0.4, -0.2) is 101 Å². The second-order valence-corrected chi connectivity index (χ2v) is 15.7. The molecule has 2 aliphatic heterocycles. The number of amides is 2. The van der Waals surface area contributed by atoms with Crippen LogP contribution in [0.4, 0.5) is 10.5 Å². The van der Waals surface area contributed by atoms with Crippen LogP contribution in [0.5, 0.6) is 0 Å². The number of carboxylic acid groups (broad SMARTS) is 1. The number of rotatable bonds is 15. The normalized spacial score (nSPS) is 18.6. The van der Waals surface area contributed by atoms with E-state index in [4.69, 9.17) is 19.2 Å². The van der Waals surface area contributed by atoms with Gasteiger partial charge in [0.1, 0.15) is 18.7 Å². The molecule has 2 aromatic heterocycles. The molecule has 2 fully saturated rings. The number of aliphatic hydroxyl groups is 1. The number of pyridine rings is 1. The summed E-state index contributed by atoms with van der Waals surface area (Å²) in [6.07, 6.45) is 2.00. The number of aliphatic carboxylic acids is 1. The van der Waals surface area contributed by atoms with E-state index in [0.717, 1.165) is 51.2 Å². The van der Waals surface area contributed by atoms with Crippen molar-refractivity contribution in [3.05, 3.63) is 83.7 Å². The summed E-state index contributed by atoms with van der Waals surface area (Å²) < 4.78 is 19.8. The minimum absolute atomic E-state index is 0.0159. The number of anilines is 1. The van der Waals surface area contributed by atoms with Gasteiger partial charge in [0.15, 0.2) is 0 Å². The van der Waals surface area contributed by atoms with Crippen molar-refractivity contribution in [1.29, 1.82) is 0 Å². The first-order valence-corrected chi connectivity index (χ1v) is 19.8. The Morgan fingerprint density at radius 1 is 1.11 bits per heavy atom. The smallest absolute Gasteiger partial charge is 0.408 e. The Balaban J connectivity index is 1.29. The van der Waals surface area contributed by atoms with E-state index in [9.17, 15) is 24.6 Å². The Morgan fingerprint density at radius 2 is 1.89 bits per heavy atom. The summed E-state index contributed by atoms with van der Waals surface area (Å²) in [7, 11) is 1.68. The van der Waals surface area contributed by atoms with Crippen molar-refractivity contribution >= 4 is 34.6 Å². The Labute approximate surface area is 334 Å². The number of aryl methyl sites for hydroxylation is 1. The zero-order valence-electron chi connectivity index (χ0n) is 33.6. The third-order valence-electron chi connectivity index (χ3n) is 10.9. The molecule has 14 nitrogen and oxygen atoms in total. The minimum Gasteiger partial charge on any atom is -0.480 e. The summed E-state index contributed by atoms with van der Waals surface area (Å²) in [5.74, 6) is -1.50. The van der Waals surface area contributed by atoms with Crippen molar-refractivity contribution < 1.29 is 38.8 Å². The van der Waals surface area contributed by atoms with Crippen LogP contribution in [0.15, 0.2) is 66.9 Å². The fourth-order valence-electron chi connectivity index (χ4n) is 7.81. The highest BCUT2D eigenvalue weighted by Crippen LogP contribution is 2.41. The van der Waals surface area contributed by atoms with Crippen molar-refractivity contribution in [2.45, 2.75) is 90.8 Å². The van der Waals surface area contributed by atoms with Gasteiger partial charge in [-0.3, -0.25) is 19.6 Å². The molecule has 4 N–H and O–H groups in total. The monoisotopic (exact) mass is 784 g/mol. The number of hydrogen-bond acceptors (Lipinski definition) is 10. The van der Waals surface area contributed by atoms with Gasteiger partial charge in [-0.1, -0.05) is 44.2 Å². The summed E-state index contributed by atoms with van der Waals surface area (Å²) >= 11 is 0. The molecule has 0 bridgehead atoms. The minimum atomic E-state index is -1.04. The number of carbonyl (C=O) groups excluding carboxylic acids is 2. The summed E-state index contributed by atoms with van der Waals surface area (Å²) in [6, 6.07) is 17.8. The Kier molecular flexibility index (Phi) is 13.5. The predicted octanol–water partition coefficient (Wildman–Crippen LogP) is 5.46. The van der Waals surface area contributed by atoms with Gasteiger partial charge >= 0.3 is 12.1 Å². The molecule has 2 saturated heterocycles. The number of fused-ring (bicyclic) bond motifs is 1. The maximum absolute atomic E-state index is 14.0. The summed E-state index contributed by atoms with van der Waals surface area (Å²) in [5, 5.41) is 25.2. The number of hydrogen-bond donors (Lipinski definition) is 4. The number of aromatic nitrogens is 2. The van der Waals surface area contributed by atoms with E-state index >= 15 is 0 Å². The Hall–Kier alpha value is -5.02. The highest BCUT2D eigenvalue weighted by Gasteiger charge is 2.36. The van der Waals surface area contributed by atoms with Gasteiger partial charge in [0, 0.05) is 74.7 Å². The van der Waals surface area contributed by atoms with Crippen LogP contribution in [-0.2, 0) is 43.4 Å². The van der Waals surface area contributed by atoms with Gasteiger partial charge in [-0.05, 0) is 80.0 Å². The Bertz CT molecular complexity index is 2020. The molecule has 6 rings (SSSR count). The molecule has 4 aromatic rings. The summed E-state index contributed by atoms with van der Waals surface area (Å²) in [6.45, 7) is 10.8. The van der Waals surface area contributed by atoms with Gasteiger partial charge < -0.3 is 39.2 Å². The van der Waals surface area contributed by atoms with Gasteiger partial charge in [0.2, 0.25) is 0 Å². The zero-order valence-corrected chi connectivity index (χ0v) is 33.6. The molecule has 4 atom stereocenters. The van der Waals surface area contributed by atoms with Gasteiger partial charge in [0.25, 0.3) is 5.91 Å². The molecule has 57 heavy (non-hydrogen) atoms. The first-order chi connectivity index (χ1) is 27.4. The Morgan fingerprint density at radius 3 is 2.61 bits per heavy atom. The van der Waals surface area contributed by atoms with Crippen LogP contribution in [0, 0.1) is 5.41 Å². The number of ether oxygens (including phenoxy) is 3. The fourth-order valence-corrected chi connectivity index (χ4v) is 7.81. The molecule has 4 heterocycles. The van der Waals surface area contributed by atoms with E-state index in [2.05, 4.69) is 65.2 Å². The average molecular weight is 785 g/mol. The highest BCUT2D eigenvalue weighted by atomic mass is 16.5. The average Bonchev–Trinajstić information content (AvgIpc) is 3.53. The van der Waals surface area contributed by atoms with Crippen LogP contribution < -0.4 is 15.6 Å². The summed E-state index contributed by atoms with van der Waals surface area (Å²) in [4.78, 5) is 45.9. The maximum Gasteiger partial charge on any atom is 0.408 e. The largest absolute Gasteiger partial charge is 0.480 e. The quantitative estimate of drug-likeness (QED) is 0.121. The van der Waals surface area contributed by atoms with E-state index < -0.39 is 41.6 Å². The number of carbonyl (C=O) groups is 3. The number of alkyl carbamates (subject to hydrolysis) is 1. The molecule has 0 saturated carbocycles. The lowest BCUT2D eigenvalue weighted by Gasteiger charge is -2.38. The molecule has 2 aliphatic rings. The van der Waals surface area contributed by atoms with Gasteiger partial charge in [-0.15, -0.1) is 0 Å². The van der Waals surface area contributed by atoms with E-state index in [1.165, 1.54) is 5.01 Å². The second kappa shape index (κ2) is 18.5. The number of methoxy groups -OCH3 is 1. The summed E-state index contributed by atoms with van der Waals surface area (Å²) in [5.41, 5.74) is 9.29. The molecule has 0 aliphatic carbocycles. The van der Waals surface area contributed by atoms with Crippen molar-refractivity contribution in [3.63, 3.8) is 0 Å². The van der Waals surface area contributed by atoms with Gasteiger partial charge in [-0.2, -0.15) is 0 Å². The van der Waals surface area contributed by atoms with Crippen LogP contribution in [0.25, 0.3) is 22.2 Å². The molecule has 306 valence electrons. The third kappa shape index (κ3) is 9.75. The first-order valence-electron chi connectivity index (χ1n) is 19.8. The van der Waals surface area contributed by atoms with Crippen LogP contribution in [0.3, 0.4) is 0 Å². The molecular formula is C43H56N6O8. The topological polar surface area (TPSA) is 168 Å². The molecular weight excluding hydrogens is 729 g/mol. The first kappa shape index (κ1) is 41.6. The van der Waals surface area contributed by atoms with Crippen LogP contribution in [0.2, 0.25) is 0 Å². The number of nitrogens with one attached hydrogen (secondary N) is 2. The number of aliphatic hydroxyl groups excluding tert-OH is 1. The van der Waals surface area contributed by atoms with Gasteiger partial charge in [0.05, 0.1) is 30.2 Å². The van der Waals surface area contributed by atoms with E-state index in [1.54, 1.807) is 13.3 Å². The second-order valence-electron chi connectivity index (χ2n) is 15.7. The number of nitrogens with zero attached hydrogens (tertiary/aromatic N) is 4. The van der Waals surface area contributed by atoms with Crippen molar-refractivity contribution in [3.8, 4) is 11.3 Å². The highest BCUT2D eigenvalue weighted by molar-refractivity contribution is 5.94.